The SMILES string of the molecule is Cc1cc(F)cc(C)c1S(=O)(=O)N(C)C(C)C(C)(C)C. The quantitative estimate of drug-likeness (QED) is 0.857. The molecular weight excluding hydrogens is 277 g/mol. The van der Waals surface area contributed by atoms with Crippen molar-refractivity contribution in [1.82, 2.24) is 4.31 Å². The second-order valence-corrected chi connectivity index (χ2v) is 8.37. The predicted molar refractivity (Wildman–Crippen MR) is 79.7 cm³/mol. The maximum atomic E-state index is 13.3. The van der Waals surface area contributed by atoms with E-state index >= 15 is 0 Å². The zero-order chi connectivity index (χ0) is 15.9. The lowest BCUT2D eigenvalue weighted by Gasteiger charge is -2.35. The number of hydrogen-bond donors (Lipinski definition) is 0. The van der Waals surface area contributed by atoms with Gasteiger partial charge in [0.1, 0.15) is 5.82 Å². The van der Waals surface area contributed by atoms with Gasteiger partial charge in [0.2, 0.25) is 10.0 Å². The molecule has 1 aromatic carbocycles. The summed E-state index contributed by atoms with van der Waals surface area (Å²) in [4.78, 5) is 0.206. The van der Waals surface area contributed by atoms with E-state index < -0.39 is 15.8 Å². The highest BCUT2D eigenvalue weighted by atomic mass is 32.2. The molecule has 0 fully saturated rings. The smallest absolute Gasteiger partial charge is 0.207 e. The fourth-order valence-electron chi connectivity index (χ4n) is 2.20. The van der Waals surface area contributed by atoms with E-state index in [0.717, 1.165) is 0 Å². The van der Waals surface area contributed by atoms with Crippen LogP contribution in [-0.4, -0.2) is 25.8 Å². The molecule has 1 unspecified atom stereocenters. The van der Waals surface area contributed by atoms with Crippen molar-refractivity contribution in [3.8, 4) is 0 Å². The average Bonchev–Trinajstić information content (AvgIpc) is 2.23. The molecule has 0 aromatic heterocycles. The average molecular weight is 301 g/mol. The van der Waals surface area contributed by atoms with Crippen LogP contribution in [0.5, 0.6) is 0 Å². The zero-order valence-corrected chi connectivity index (χ0v) is 14.1. The highest BCUT2D eigenvalue weighted by Gasteiger charge is 2.34. The van der Waals surface area contributed by atoms with Crippen LogP contribution < -0.4 is 0 Å². The van der Waals surface area contributed by atoms with Crippen molar-refractivity contribution >= 4 is 10.0 Å². The van der Waals surface area contributed by atoms with Crippen LogP contribution >= 0.6 is 0 Å². The van der Waals surface area contributed by atoms with Crippen LogP contribution in [-0.2, 0) is 10.0 Å². The molecule has 20 heavy (non-hydrogen) atoms. The summed E-state index contributed by atoms with van der Waals surface area (Å²) in [6, 6.07) is 2.35. The largest absolute Gasteiger partial charge is 0.243 e. The fourth-order valence-corrected chi connectivity index (χ4v) is 4.15. The van der Waals surface area contributed by atoms with Crippen molar-refractivity contribution < 1.29 is 12.8 Å². The number of sulfonamides is 1. The molecule has 114 valence electrons. The summed E-state index contributed by atoms with van der Waals surface area (Å²) >= 11 is 0. The van der Waals surface area contributed by atoms with Gasteiger partial charge in [0.15, 0.2) is 0 Å². The van der Waals surface area contributed by atoms with Gasteiger partial charge in [0.25, 0.3) is 0 Å². The summed E-state index contributed by atoms with van der Waals surface area (Å²) in [6.07, 6.45) is 0. The van der Waals surface area contributed by atoms with Gasteiger partial charge in [-0.3, -0.25) is 0 Å². The zero-order valence-electron chi connectivity index (χ0n) is 13.3. The Bertz CT molecular complexity index is 580. The normalized spacial score (nSPS) is 14.7. The van der Waals surface area contributed by atoms with Crippen molar-refractivity contribution in [2.24, 2.45) is 5.41 Å². The number of halogens is 1. The molecule has 0 amide bonds. The predicted octanol–water partition coefficient (Wildman–Crippen LogP) is 3.50. The lowest BCUT2D eigenvalue weighted by Crippen LogP contribution is -2.43. The third kappa shape index (κ3) is 3.20. The highest BCUT2D eigenvalue weighted by Crippen LogP contribution is 2.30. The van der Waals surface area contributed by atoms with Gasteiger partial charge in [0.05, 0.1) is 4.90 Å². The minimum atomic E-state index is -3.63. The van der Waals surface area contributed by atoms with Gasteiger partial charge in [-0.2, -0.15) is 4.31 Å². The summed E-state index contributed by atoms with van der Waals surface area (Å²) in [6.45, 7) is 11.1. The minimum Gasteiger partial charge on any atom is -0.207 e. The van der Waals surface area contributed by atoms with Crippen molar-refractivity contribution in [2.75, 3.05) is 7.05 Å². The van der Waals surface area contributed by atoms with Crippen LogP contribution in [0.4, 0.5) is 4.39 Å². The molecule has 0 heterocycles. The molecule has 1 atom stereocenters. The monoisotopic (exact) mass is 301 g/mol. The summed E-state index contributed by atoms with van der Waals surface area (Å²) in [5.41, 5.74) is 0.704. The topological polar surface area (TPSA) is 37.4 Å². The van der Waals surface area contributed by atoms with Crippen molar-refractivity contribution in [3.05, 3.63) is 29.1 Å². The molecule has 0 spiro atoms. The van der Waals surface area contributed by atoms with E-state index in [1.165, 1.54) is 16.4 Å². The Morgan fingerprint density at radius 1 is 1.15 bits per heavy atom. The highest BCUT2D eigenvalue weighted by molar-refractivity contribution is 7.89. The maximum absolute atomic E-state index is 13.3. The first-order chi connectivity index (χ1) is 8.89. The lowest BCUT2D eigenvalue weighted by molar-refractivity contribution is 0.216. The van der Waals surface area contributed by atoms with Crippen LogP contribution in [0.15, 0.2) is 17.0 Å². The molecule has 0 radical (unpaired) electrons. The van der Waals surface area contributed by atoms with E-state index in [9.17, 15) is 12.8 Å². The lowest BCUT2D eigenvalue weighted by atomic mass is 9.88. The van der Waals surface area contributed by atoms with Gasteiger partial charge in [-0.05, 0) is 49.4 Å². The molecule has 5 heteroatoms. The van der Waals surface area contributed by atoms with E-state index in [4.69, 9.17) is 0 Å². The Labute approximate surface area is 121 Å². The van der Waals surface area contributed by atoms with Gasteiger partial charge < -0.3 is 0 Å². The first-order valence-corrected chi connectivity index (χ1v) is 8.08. The standard InChI is InChI=1S/C15H24FNO2S/c1-10-8-13(16)9-11(2)14(10)20(18,19)17(7)12(3)15(4,5)6/h8-9,12H,1-7H3. The van der Waals surface area contributed by atoms with Crippen LogP contribution in [0.3, 0.4) is 0 Å². The van der Waals surface area contributed by atoms with Crippen LogP contribution in [0.1, 0.15) is 38.8 Å². The summed E-state index contributed by atoms with van der Waals surface area (Å²) < 4.78 is 40.3. The second-order valence-electron chi connectivity index (χ2n) is 6.43. The number of aryl methyl sites for hydroxylation is 2. The number of rotatable bonds is 3. The minimum absolute atomic E-state index is 0.170. The van der Waals surface area contributed by atoms with Crippen LogP contribution in [0, 0.1) is 25.1 Å². The van der Waals surface area contributed by atoms with E-state index in [1.807, 2.05) is 27.7 Å². The molecule has 3 nitrogen and oxygen atoms in total. The van der Waals surface area contributed by atoms with E-state index in [2.05, 4.69) is 0 Å². The Hall–Kier alpha value is -0.940. The molecule has 0 aliphatic carbocycles. The summed E-state index contributed by atoms with van der Waals surface area (Å²) in [5.74, 6) is -0.412. The van der Waals surface area contributed by atoms with Crippen molar-refractivity contribution in [1.29, 1.82) is 0 Å². The molecule has 0 bridgehead atoms. The van der Waals surface area contributed by atoms with Crippen molar-refractivity contribution in [2.45, 2.75) is 52.5 Å². The van der Waals surface area contributed by atoms with Gasteiger partial charge >= 0.3 is 0 Å². The second kappa shape index (κ2) is 5.45. The number of hydrogen-bond acceptors (Lipinski definition) is 2. The van der Waals surface area contributed by atoms with Gasteiger partial charge in [-0.25, -0.2) is 12.8 Å². The fraction of sp³-hybridized carbons (Fsp3) is 0.600. The van der Waals surface area contributed by atoms with E-state index in [0.29, 0.717) is 11.1 Å². The maximum Gasteiger partial charge on any atom is 0.243 e. The molecule has 0 saturated carbocycles. The number of benzene rings is 1. The van der Waals surface area contributed by atoms with Crippen molar-refractivity contribution in [3.63, 3.8) is 0 Å². The van der Waals surface area contributed by atoms with Crippen LogP contribution in [0.2, 0.25) is 0 Å². The number of nitrogens with zero attached hydrogens (tertiary/aromatic N) is 1. The summed E-state index contributed by atoms with van der Waals surface area (Å²) in [7, 11) is -2.06. The van der Waals surface area contributed by atoms with Gasteiger partial charge in [0, 0.05) is 13.1 Å². The van der Waals surface area contributed by atoms with Gasteiger partial charge in [-0.15, -0.1) is 0 Å². The third-order valence-corrected chi connectivity index (χ3v) is 6.10. The summed E-state index contributed by atoms with van der Waals surface area (Å²) in [5, 5.41) is 0. The first-order valence-electron chi connectivity index (χ1n) is 6.64. The Morgan fingerprint density at radius 2 is 1.55 bits per heavy atom. The molecular formula is C15H24FNO2S. The van der Waals surface area contributed by atoms with Gasteiger partial charge in [-0.1, -0.05) is 20.8 Å². The molecule has 0 saturated heterocycles. The Balaban J connectivity index is 3.39. The molecule has 0 aliphatic rings. The Kier molecular flexibility index (Phi) is 4.66. The third-order valence-electron chi connectivity index (χ3n) is 3.86. The molecule has 1 aromatic rings. The first kappa shape index (κ1) is 17.1. The van der Waals surface area contributed by atoms with Crippen LogP contribution in [0.25, 0.3) is 0 Å². The van der Waals surface area contributed by atoms with E-state index in [1.54, 1.807) is 20.9 Å². The van der Waals surface area contributed by atoms with E-state index in [-0.39, 0.29) is 16.4 Å². The molecule has 0 N–H and O–H groups in total. The Morgan fingerprint density at radius 3 is 1.90 bits per heavy atom. The molecule has 1 rings (SSSR count). The molecule has 0 aliphatic heterocycles.